The highest BCUT2D eigenvalue weighted by Crippen LogP contribution is 2.42. The second kappa shape index (κ2) is 11.2. The maximum Gasteiger partial charge on any atom is 0.416 e. The minimum absolute atomic E-state index is 0.00236. The molecule has 40 heavy (non-hydrogen) atoms. The summed E-state index contributed by atoms with van der Waals surface area (Å²) >= 11 is 5.06. The zero-order chi connectivity index (χ0) is 29.4. The van der Waals surface area contributed by atoms with Gasteiger partial charge in [0.2, 0.25) is 5.75 Å². The predicted molar refractivity (Wildman–Crippen MR) is 147 cm³/mol. The normalized spacial score (nSPS) is 14.8. The topological polar surface area (TPSA) is 128 Å². The number of rotatable bonds is 6. The van der Waals surface area contributed by atoms with Crippen molar-refractivity contribution >= 4 is 73.8 Å². The fourth-order valence-corrected chi connectivity index (χ4v) is 4.60. The Bertz CT molecular complexity index is 1590. The Kier molecular flexibility index (Phi) is 8.15. The fraction of sp³-hybridized carbons (Fsp3) is 0.0800. The maximum atomic E-state index is 13.1. The molecule has 1 fully saturated rings. The zero-order valence-corrected chi connectivity index (χ0v) is 23.7. The third-order valence-electron chi connectivity index (χ3n) is 5.44. The number of amides is 4. The van der Waals surface area contributed by atoms with Crippen LogP contribution in [0.1, 0.15) is 11.1 Å². The smallest absolute Gasteiger partial charge is 0.416 e. The molecule has 4 amide bonds. The molecule has 0 spiro atoms. The number of nitro groups is 1. The Labute approximate surface area is 245 Å². The molecule has 0 unspecified atom stereocenters. The van der Waals surface area contributed by atoms with Crippen LogP contribution in [0.3, 0.4) is 0 Å². The second-order valence-electron chi connectivity index (χ2n) is 8.01. The molecule has 206 valence electrons. The van der Waals surface area contributed by atoms with Gasteiger partial charge in [0, 0.05) is 10.5 Å². The minimum Gasteiger partial charge on any atom is -0.493 e. The summed E-state index contributed by atoms with van der Waals surface area (Å²) in [5.41, 5.74) is -2.02. The quantitative estimate of drug-likeness (QED) is 0.102. The first-order valence-electron chi connectivity index (χ1n) is 10.9. The van der Waals surface area contributed by atoms with Gasteiger partial charge in [-0.25, -0.2) is 9.69 Å². The summed E-state index contributed by atoms with van der Waals surface area (Å²) in [6, 6.07) is 9.94. The number of anilines is 1. The lowest BCUT2D eigenvalue weighted by molar-refractivity contribution is -0.385. The highest BCUT2D eigenvalue weighted by Gasteiger charge is 2.37. The van der Waals surface area contributed by atoms with Gasteiger partial charge >= 0.3 is 17.9 Å². The number of ether oxygens (including phenoxy) is 2. The number of carbonyl (C=O) groups excluding carboxylic acids is 3. The van der Waals surface area contributed by atoms with Crippen molar-refractivity contribution in [2.45, 2.75) is 6.18 Å². The molecule has 3 aromatic rings. The number of methoxy groups -OCH3 is 1. The molecule has 1 aliphatic rings. The summed E-state index contributed by atoms with van der Waals surface area (Å²) in [6.45, 7) is 0. The standard InChI is InChI=1S/C25H14BrF3IN3O7/c1-39-20-10-12(8-16-22(34)31-24(36)32(23(16)35)15-5-3-14(26)4-6-15)9-17(30)21(20)40-19-7-2-13(25(27,28)29)11-18(19)33(37)38/h2-11H,1H3,(H,31,34,36)/b16-8+. The van der Waals surface area contributed by atoms with E-state index >= 15 is 0 Å². The Morgan fingerprint density at radius 2 is 1.73 bits per heavy atom. The number of hydrogen-bond acceptors (Lipinski definition) is 7. The Hall–Kier alpha value is -3.99. The summed E-state index contributed by atoms with van der Waals surface area (Å²) in [6.07, 6.45) is -3.59. The Morgan fingerprint density at radius 3 is 2.33 bits per heavy atom. The summed E-state index contributed by atoms with van der Waals surface area (Å²) in [4.78, 5) is 49.3. The van der Waals surface area contributed by atoms with E-state index in [1.54, 1.807) is 34.7 Å². The number of nitrogens with zero attached hydrogens (tertiary/aromatic N) is 2. The Morgan fingerprint density at radius 1 is 1.05 bits per heavy atom. The number of imide groups is 2. The number of hydrogen-bond donors (Lipinski definition) is 1. The van der Waals surface area contributed by atoms with E-state index in [4.69, 9.17) is 9.47 Å². The van der Waals surface area contributed by atoms with E-state index in [1.165, 1.54) is 37.5 Å². The molecule has 0 bridgehead atoms. The van der Waals surface area contributed by atoms with Gasteiger partial charge in [-0.2, -0.15) is 13.2 Å². The van der Waals surface area contributed by atoms with Gasteiger partial charge in [0.05, 0.1) is 26.9 Å². The van der Waals surface area contributed by atoms with Crippen molar-refractivity contribution in [1.29, 1.82) is 0 Å². The Balaban J connectivity index is 1.71. The monoisotopic (exact) mass is 731 g/mol. The molecule has 0 radical (unpaired) electrons. The van der Waals surface area contributed by atoms with Crippen molar-refractivity contribution in [2.24, 2.45) is 0 Å². The van der Waals surface area contributed by atoms with Crippen LogP contribution in [-0.4, -0.2) is 29.9 Å². The van der Waals surface area contributed by atoms with E-state index in [9.17, 15) is 37.7 Å². The lowest BCUT2D eigenvalue weighted by Gasteiger charge is -2.26. The SMILES string of the molecule is COc1cc(/C=C2\C(=O)NC(=O)N(c3ccc(Br)cc3)C2=O)cc(I)c1Oc1ccc(C(F)(F)F)cc1[N+](=O)[O-]. The van der Waals surface area contributed by atoms with E-state index in [-0.39, 0.29) is 31.9 Å². The lowest BCUT2D eigenvalue weighted by Crippen LogP contribution is -2.54. The second-order valence-corrected chi connectivity index (χ2v) is 10.1. The summed E-state index contributed by atoms with van der Waals surface area (Å²) in [7, 11) is 1.25. The van der Waals surface area contributed by atoms with Gasteiger partial charge in [-0.05, 0) is 82.8 Å². The van der Waals surface area contributed by atoms with Crippen LogP contribution in [0.5, 0.6) is 17.2 Å². The van der Waals surface area contributed by atoms with E-state index in [0.717, 1.165) is 11.0 Å². The van der Waals surface area contributed by atoms with Gasteiger partial charge in [-0.3, -0.25) is 25.0 Å². The van der Waals surface area contributed by atoms with Crippen LogP contribution < -0.4 is 19.7 Å². The van der Waals surface area contributed by atoms with Crippen LogP contribution in [0.15, 0.2) is 64.6 Å². The molecule has 4 rings (SSSR count). The number of nitrogens with one attached hydrogen (secondary N) is 1. The van der Waals surface area contributed by atoms with Crippen LogP contribution >= 0.6 is 38.5 Å². The van der Waals surface area contributed by atoms with Gasteiger partial charge in [0.1, 0.15) is 5.57 Å². The zero-order valence-electron chi connectivity index (χ0n) is 19.9. The highest BCUT2D eigenvalue weighted by molar-refractivity contribution is 14.1. The van der Waals surface area contributed by atoms with Crippen molar-refractivity contribution in [3.05, 3.63) is 89.5 Å². The molecule has 3 aromatic carbocycles. The van der Waals surface area contributed by atoms with Crippen LogP contribution in [0.2, 0.25) is 0 Å². The van der Waals surface area contributed by atoms with Crippen LogP contribution in [0.4, 0.5) is 29.3 Å². The highest BCUT2D eigenvalue weighted by atomic mass is 127. The molecular weight excluding hydrogens is 718 g/mol. The number of urea groups is 1. The maximum absolute atomic E-state index is 13.1. The van der Waals surface area contributed by atoms with E-state index in [1.807, 2.05) is 0 Å². The first-order valence-corrected chi connectivity index (χ1v) is 12.8. The number of carbonyl (C=O) groups is 3. The van der Waals surface area contributed by atoms with Crippen molar-refractivity contribution < 1.29 is 42.0 Å². The number of barbiturate groups is 1. The first-order chi connectivity index (χ1) is 18.8. The minimum atomic E-state index is -4.80. The first kappa shape index (κ1) is 29.0. The molecule has 0 atom stereocenters. The summed E-state index contributed by atoms with van der Waals surface area (Å²) in [5.74, 6) is -2.34. The average molecular weight is 732 g/mol. The molecule has 0 saturated carbocycles. The van der Waals surface area contributed by atoms with Crippen molar-refractivity contribution in [1.82, 2.24) is 5.32 Å². The molecule has 10 nitrogen and oxygen atoms in total. The third kappa shape index (κ3) is 5.94. The predicted octanol–water partition coefficient (Wildman–Crippen LogP) is 6.45. The van der Waals surface area contributed by atoms with E-state index < -0.39 is 45.9 Å². The molecule has 1 N–H and O–H groups in total. The van der Waals surface area contributed by atoms with Gasteiger partial charge in [0.25, 0.3) is 11.8 Å². The van der Waals surface area contributed by atoms with Crippen molar-refractivity contribution in [2.75, 3.05) is 12.0 Å². The molecule has 1 saturated heterocycles. The van der Waals surface area contributed by atoms with Crippen molar-refractivity contribution in [3.8, 4) is 17.2 Å². The largest absolute Gasteiger partial charge is 0.493 e. The van der Waals surface area contributed by atoms with Crippen molar-refractivity contribution in [3.63, 3.8) is 0 Å². The lowest BCUT2D eigenvalue weighted by atomic mass is 10.1. The number of alkyl halides is 3. The third-order valence-corrected chi connectivity index (χ3v) is 6.77. The van der Waals surface area contributed by atoms with Crippen LogP contribution in [0.25, 0.3) is 6.08 Å². The summed E-state index contributed by atoms with van der Waals surface area (Å²) < 4.78 is 51.1. The van der Waals surface area contributed by atoms with Crippen LogP contribution in [-0.2, 0) is 15.8 Å². The van der Waals surface area contributed by atoms with Gasteiger partial charge in [-0.15, -0.1) is 0 Å². The molecule has 0 aliphatic carbocycles. The average Bonchev–Trinajstić information content (AvgIpc) is 2.88. The number of halogens is 5. The molecule has 1 heterocycles. The molecule has 1 aliphatic heterocycles. The molecule has 15 heteroatoms. The molecule has 0 aromatic heterocycles. The number of benzene rings is 3. The van der Waals surface area contributed by atoms with Gasteiger partial charge in [-0.1, -0.05) is 15.9 Å². The van der Waals surface area contributed by atoms with E-state index in [2.05, 4.69) is 21.2 Å². The van der Waals surface area contributed by atoms with Gasteiger partial charge in [0.15, 0.2) is 11.5 Å². The summed E-state index contributed by atoms with van der Waals surface area (Å²) in [5, 5.41) is 13.6. The van der Waals surface area contributed by atoms with Crippen LogP contribution in [0, 0.1) is 13.7 Å². The number of nitro benzene ring substituents is 1. The van der Waals surface area contributed by atoms with E-state index in [0.29, 0.717) is 16.6 Å². The molecular formula is C25H14BrF3IN3O7. The fourth-order valence-electron chi connectivity index (χ4n) is 3.60. The van der Waals surface area contributed by atoms with Gasteiger partial charge < -0.3 is 9.47 Å².